The Kier molecular flexibility index (Phi) is 5.40. The monoisotopic (exact) mass is 258 g/mol. The van der Waals surface area contributed by atoms with E-state index in [-0.39, 0.29) is 31.8 Å². The summed E-state index contributed by atoms with van der Waals surface area (Å²) in [4.78, 5) is 25.9. The molecular weight excluding hydrogens is 236 g/mol. The zero-order chi connectivity index (χ0) is 13.7. The first kappa shape index (κ1) is 14.8. The number of hydrogen-bond donors (Lipinski definition) is 2. The van der Waals surface area contributed by atoms with Crippen LogP contribution >= 0.6 is 0 Å². The molecule has 0 aromatic carbocycles. The number of carbonyl (C=O) groups excluding carboxylic acids is 1. The molecule has 0 spiro atoms. The van der Waals surface area contributed by atoms with Crippen molar-refractivity contribution in [1.82, 2.24) is 9.80 Å². The van der Waals surface area contributed by atoms with Gasteiger partial charge in [0.2, 0.25) is 0 Å². The average molecular weight is 258 g/mol. The van der Waals surface area contributed by atoms with Crippen molar-refractivity contribution in [2.45, 2.75) is 32.7 Å². The van der Waals surface area contributed by atoms with E-state index in [1.807, 2.05) is 13.8 Å². The van der Waals surface area contributed by atoms with Gasteiger partial charge in [0.05, 0.1) is 6.61 Å². The van der Waals surface area contributed by atoms with Crippen LogP contribution in [0.4, 0.5) is 4.79 Å². The van der Waals surface area contributed by atoms with Gasteiger partial charge in [-0.05, 0) is 32.6 Å². The third kappa shape index (κ3) is 4.52. The number of aliphatic carboxylic acids is 1. The van der Waals surface area contributed by atoms with E-state index < -0.39 is 5.97 Å². The van der Waals surface area contributed by atoms with Crippen molar-refractivity contribution in [2.75, 3.05) is 26.2 Å². The number of urea groups is 1. The number of carboxylic acid groups (broad SMARTS) is 1. The van der Waals surface area contributed by atoms with Crippen LogP contribution in [-0.4, -0.2) is 64.3 Å². The first-order valence-electron chi connectivity index (χ1n) is 6.34. The summed E-state index contributed by atoms with van der Waals surface area (Å²) < 4.78 is 0. The quantitative estimate of drug-likeness (QED) is 0.701. The second kappa shape index (κ2) is 6.58. The van der Waals surface area contributed by atoms with Crippen LogP contribution in [0.25, 0.3) is 0 Å². The minimum absolute atomic E-state index is 0.0554. The molecule has 6 heteroatoms. The van der Waals surface area contributed by atoms with Crippen molar-refractivity contribution in [3.05, 3.63) is 0 Å². The summed E-state index contributed by atoms with van der Waals surface area (Å²) in [5.41, 5.74) is 0. The molecule has 0 aromatic rings. The summed E-state index contributed by atoms with van der Waals surface area (Å²) in [6, 6.07) is -0.353. The fourth-order valence-electron chi connectivity index (χ4n) is 1.85. The van der Waals surface area contributed by atoms with Crippen LogP contribution in [0.15, 0.2) is 0 Å². The van der Waals surface area contributed by atoms with Gasteiger partial charge in [-0.15, -0.1) is 0 Å². The number of carboxylic acids is 1. The number of aliphatic hydroxyl groups excluding tert-OH is 1. The fourth-order valence-corrected chi connectivity index (χ4v) is 1.85. The van der Waals surface area contributed by atoms with Crippen molar-refractivity contribution in [3.63, 3.8) is 0 Å². The van der Waals surface area contributed by atoms with E-state index in [9.17, 15) is 9.59 Å². The number of amides is 2. The highest BCUT2D eigenvalue weighted by Gasteiger charge is 2.30. The Bertz CT molecular complexity index is 302. The lowest BCUT2D eigenvalue weighted by Crippen LogP contribution is -2.49. The van der Waals surface area contributed by atoms with Gasteiger partial charge in [0, 0.05) is 19.1 Å². The Labute approximate surface area is 107 Å². The van der Waals surface area contributed by atoms with E-state index >= 15 is 0 Å². The van der Waals surface area contributed by atoms with E-state index in [0.717, 1.165) is 12.8 Å². The molecule has 0 atom stereocenters. The zero-order valence-corrected chi connectivity index (χ0v) is 11.0. The highest BCUT2D eigenvalue weighted by molar-refractivity contribution is 5.80. The molecule has 0 radical (unpaired) electrons. The number of carbonyl (C=O) groups is 2. The summed E-state index contributed by atoms with van der Waals surface area (Å²) in [5.74, 6) is -0.562. The van der Waals surface area contributed by atoms with Gasteiger partial charge in [0.25, 0.3) is 0 Å². The lowest BCUT2D eigenvalue weighted by molar-refractivity contribution is -0.137. The smallest absolute Gasteiger partial charge is 0.323 e. The molecule has 1 aliphatic carbocycles. The molecule has 18 heavy (non-hydrogen) atoms. The predicted molar refractivity (Wildman–Crippen MR) is 66.3 cm³/mol. The molecule has 2 N–H and O–H groups in total. The number of nitrogens with zero attached hydrogens (tertiary/aromatic N) is 2. The van der Waals surface area contributed by atoms with Crippen molar-refractivity contribution in [1.29, 1.82) is 0 Å². The van der Waals surface area contributed by atoms with Gasteiger partial charge in [0.1, 0.15) is 6.54 Å². The molecule has 0 aromatic heterocycles. The van der Waals surface area contributed by atoms with Gasteiger partial charge < -0.3 is 20.0 Å². The van der Waals surface area contributed by atoms with Crippen LogP contribution < -0.4 is 0 Å². The minimum atomic E-state index is -1.00. The molecule has 0 aliphatic heterocycles. The van der Waals surface area contributed by atoms with Crippen LogP contribution in [0.3, 0.4) is 0 Å². The highest BCUT2D eigenvalue weighted by Crippen LogP contribution is 2.30. The summed E-state index contributed by atoms with van der Waals surface area (Å²) in [7, 11) is 0. The summed E-state index contributed by atoms with van der Waals surface area (Å²) in [6.07, 6.45) is 2.12. The van der Waals surface area contributed by atoms with Crippen LogP contribution in [0.1, 0.15) is 26.7 Å². The molecule has 0 saturated heterocycles. The second-order valence-corrected chi connectivity index (χ2v) is 5.01. The molecule has 1 rings (SSSR count). The van der Waals surface area contributed by atoms with E-state index in [1.165, 1.54) is 9.80 Å². The number of hydrogen-bond acceptors (Lipinski definition) is 3. The highest BCUT2D eigenvalue weighted by atomic mass is 16.4. The van der Waals surface area contributed by atoms with Crippen molar-refractivity contribution in [2.24, 2.45) is 5.92 Å². The van der Waals surface area contributed by atoms with Gasteiger partial charge >= 0.3 is 12.0 Å². The average Bonchev–Trinajstić information content (AvgIpc) is 3.07. The Morgan fingerprint density at radius 3 is 2.33 bits per heavy atom. The molecular formula is C12H22N2O4. The lowest BCUT2D eigenvalue weighted by Gasteiger charge is -2.32. The first-order valence-corrected chi connectivity index (χ1v) is 6.34. The Morgan fingerprint density at radius 1 is 1.33 bits per heavy atom. The maximum absolute atomic E-state index is 12.3. The third-order valence-corrected chi connectivity index (χ3v) is 2.98. The van der Waals surface area contributed by atoms with Gasteiger partial charge in [-0.1, -0.05) is 0 Å². The molecule has 1 aliphatic rings. The molecule has 104 valence electrons. The topological polar surface area (TPSA) is 81.1 Å². The van der Waals surface area contributed by atoms with Crippen LogP contribution in [-0.2, 0) is 4.79 Å². The summed E-state index contributed by atoms with van der Waals surface area (Å²) in [6.45, 7) is 4.04. The zero-order valence-electron chi connectivity index (χ0n) is 11.0. The molecule has 0 bridgehead atoms. The Morgan fingerprint density at radius 2 is 1.94 bits per heavy atom. The Hall–Kier alpha value is -1.30. The maximum atomic E-state index is 12.3. The van der Waals surface area contributed by atoms with Gasteiger partial charge in [-0.25, -0.2) is 4.79 Å². The SMILES string of the molecule is CC(C)N(CCO)C(=O)N(CC(=O)O)CC1CC1. The summed E-state index contributed by atoms with van der Waals surface area (Å²) >= 11 is 0. The van der Waals surface area contributed by atoms with E-state index in [0.29, 0.717) is 12.5 Å². The summed E-state index contributed by atoms with van der Waals surface area (Å²) in [5, 5.41) is 17.8. The van der Waals surface area contributed by atoms with Crippen LogP contribution in [0.5, 0.6) is 0 Å². The lowest BCUT2D eigenvalue weighted by atomic mass is 10.3. The number of rotatable bonds is 7. The normalized spacial score (nSPS) is 14.7. The molecule has 2 amide bonds. The van der Waals surface area contributed by atoms with E-state index in [2.05, 4.69) is 0 Å². The largest absolute Gasteiger partial charge is 0.480 e. The fraction of sp³-hybridized carbons (Fsp3) is 0.833. The predicted octanol–water partition coefficient (Wildman–Crippen LogP) is 0.606. The first-order chi connectivity index (χ1) is 8.45. The minimum Gasteiger partial charge on any atom is -0.480 e. The second-order valence-electron chi connectivity index (χ2n) is 5.01. The molecule has 0 heterocycles. The maximum Gasteiger partial charge on any atom is 0.323 e. The number of aliphatic hydroxyl groups is 1. The molecule has 6 nitrogen and oxygen atoms in total. The van der Waals surface area contributed by atoms with E-state index in [4.69, 9.17) is 10.2 Å². The molecule has 0 unspecified atom stereocenters. The standard InChI is InChI=1S/C12H22N2O4/c1-9(2)14(5-6-15)12(18)13(8-11(16)17)7-10-3-4-10/h9-10,15H,3-8H2,1-2H3,(H,16,17). The molecule has 1 fully saturated rings. The third-order valence-electron chi connectivity index (χ3n) is 2.98. The van der Waals surface area contributed by atoms with Crippen molar-refractivity contribution >= 4 is 12.0 Å². The Balaban J connectivity index is 2.67. The van der Waals surface area contributed by atoms with Crippen LogP contribution in [0.2, 0.25) is 0 Å². The van der Waals surface area contributed by atoms with E-state index in [1.54, 1.807) is 0 Å². The van der Waals surface area contributed by atoms with Gasteiger partial charge in [0.15, 0.2) is 0 Å². The van der Waals surface area contributed by atoms with Crippen LogP contribution in [0, 0.1) is 5.92 Å². The van der Waals surface area contributed by atoms with Crippen molar-refractivity contribution in [3.8, 4) is 0 Å². The van der Waals surface area contributed by atoms with Crippen molar-refractivity contribution < 1.29 is 19.8 Å². The molecule has 1 saturated carbocycles. The van der Waals surface area contributed by atoms with Gasteiger partial charge in [-0.3, -0.25) is 4.79 Å². The van der Waals surface area contributed by atoms with Gasteiger partial charge in [-0.2, -0.15) is 0 Å².